The number of carbonyl (C=O) groups excluding carboxylic acids is 2. The van der Waals surface area contributed by atoms with Gasteiger partial charge >= 0.3 is 0 Å². The van der Waals surface area contributed by atoms with Gasteiger partial charge in [0.15, 0.2) is 0 Å². The van der Waals surface area contributed by atoms with Crippen molar-refractivity contribution in [2.24, 2.45) is 11.3 Å². The molecular weight excluding hydrogens is 402 g/mol. The van der Waals surface area contributed by atoms with Gasteiger partial charge in [-0.1, -0.05) is 6.92 Å². The van der Waals surface area contributed by atoms with E-state index < -0.39 is 0 Å². The first-order chi connectivity index (χ1) is 15.4. The monoisotopic (exact) mass is 441 g/mol. The van der Waals surface area contributed by atoms with Gasteiger partial charge in [0, 0.05) is 31.7 Å². The molecule has 0 N–H and O–H groups in total. The van der Waals surface area contributed by atoms with E-state index in [9.17, 15) is 9.59 Å². The zero-order chi connectivity index (χ0) is 22.7. The molecule has 1 spiro atoms. The minimum absolute atomic E-state index is 0.129. The van der Waals surface area contributed by atoms with Crippen molar-refractivity contribution in [2.75, 3.05) is 52.9 Å². The molecule has 4 rings (SSSR count). The molecule has 3 aliphatic rings. The van der Waals surface area contributed by atoms with Crippen LogP contribution in [0.4, 0.5) is 0 Å². The number of aryl methyl sites for hydroxylation is 1. The van der Waals surface area contributed by atoms with Gasteiger partial charge in [0.25, 0.3) is 5.91 Å². The highest BCUT2D eigenvalue weighted by Gasteiger charge is 2.39. The lowest BCUT2D eigenvalue weighted by molar-refractivity contribution is -0.134. The van der Waals surface area contributed by atoms with Gasteiger partial charge in [-0.2, -0.15) is 0 Å². The van der Waals surface area contributed by atoms with Crippen molar-refractivity contribution in [3.63, 3.8) is 0 Å². The largest absolute Gasteiger partial charge is 0.496 e. The zero-order valence-electron chi connectivity index (χ0n) is 20.1. The van der Waals surface area contributed by atoms with Gasteiger partial charge in [-0.3, -0.25) is 14.5 Å². The second-order valence-electron chi connectivity index (χ2n) is 10.3. The molecule has 1 aromatic rings. The summed E-state index contributed by atoms with van der Waals surface area (Å²) in [5.41, 5.74) is 2.08. The minimum Gasteiger partial charge on any atom is -0.496 e. The molecule has 0 aliphatic carbocycles. The molecule has 3 aliphatic heterocycles. The molecule has 0 aromatic heterocycles. The van der Waals surface area contributed by atoms with Crippen LogP contribution in [0, 0.1) is 18.3 Å². The molecule has 32 heavy (non-hydrogen) atoms. The van der Waals surface area contributed by atoms with Crippen LogP contribution in [-0.2, 0) is 4.79 Å². The first kappa shape index (κ1) is 23.1. The smallest absolute Gasteiger partial charge is 0.253 e. The molecule has 0 radical (unpaired) electrons. The van der Waals surface area contributed by atoms with Crippen LogP contribution in [0.15, 0.2) is 18.2 Å². The standard InChI is InChI=1S/C26H39N3O3/c1-20-6-12-28(13-7-20)24(30)19-27-14-8-26(9-15-27)10-16-29(17-11-26)25(31)22-4-5-23(32-3)21(2)18-22/h4-5,18,20H,6-17,19H2,1-3H3. The summed E-state index contributed by atoms with van der Waals surface area (Å²) in [6.45, 7) is 10.3. The molecule has 0 atom stereocenters. The normalized spacial score (nSPS) is 22.2. The number of piperidine rings is 3. The number of likely N-dealkylation sites (tertiary alicyclic amines) is 3. The molecule has 3 heterocycles. The summed E-state index contributed by atoms with van der Waals surface area (Å²) in [6, 6.07) is 5.69. The maximum Gasteiger partial charge on any atom is 0.253 e. The van der Waals surface area contributed by atoms with Gasteiger partial charge in [0.05, 0.1) is 13.7 Å². The van der Waals surface area contributed by atoms with E-state index in [0.717, 1.165) is 101 Å². The first-order valence-corrected chi connectivity index (χ1v) is 12.3. The third kappa shape index (κ3) is 5.11. The van der Waals surface area contributed by atoms with E-state index in [2.05, 4.69) is 16.7 Å². The zero-order valence-corrected chi connectivity index (χ0v) is 20.1. The van der Waals surface area contributed by atoms with Crippen molar-refractivity contribution in [1.82, 2.24) is 14.7 Å². The first-order valence-electron chi connectivity index (χ1n) is 12.3. The van der Waals surface area contributed by atoms with Gasteiger partial charge in [0.2, 0.25) is 5.91 Å². The van der Waals surface area contributed by atoms with E-state index in [1.165, 1.54) is 0 Å². The Morgan fingerprint density at radius 3 is 2.19 bits per heavy atom. The molecule has 0 saturated carbocycles. The van der Waals surface area contributed by atoms with Crippen LogP contribution in [0.5, 0.6) is 5.75 Å². The van der Waals surface area contributed by atoms with Gasteiger partial charge in [-0.05, 0) is 93.6 Å². The van der Waals surface area contributed by atoms with Crippen LogP contribution >= 0.6 is 0 Å². The fraction of sp³-hybridized carbons (Fsp3) is 0.692. The summed E-state index contributed by atoms with van der Waals surface area (Å²) < 4.78 is 5.32. The molecule has 0 unspecified atom stereocenters. The lowest BCUT2D eigenvalue weighted by Gasteiger charge is -2.47. The van der Waals surface area contributed by atoms with Crippen LogP contribution < -0.4 is 4.74 Å². The Hall–Kier alpha value is -2.08. The second-order valence-corrected chi connectivity index (χ2v) is 10.3. The Balaban J connectivity index is 1.24. The van der Waals surface area contributed by atoms with Crippen molar-refractivity contribution in [3.8, 4) is 5.75 Å². The Morgan fingerprint density at radius 1 is 0.969 bits per heavy atom. The molecular formula is C26H39N3O3. The topological polar surface area (TPSA) is 53.1 Å². The fourth-order valence-corrected chi connectivity index (χ4v) is 5.61. The average Bonchev–Trinajstić information content (AvgIpc) is 2.81. The third-order valence-corrected chi connectivity index (χ3v) is 8.17. The fourth-order valence-electron chi connectivity index (χ4n) is 5.61. The van der Waals surface area contributed by atoms with E-state index in [1.54, 1.807) is 7.11 Å². The number of carbonyl (C=O) groups is 2. The molecule has 3 saturated heterocycles. The average molecular weight is 442 g/mol. The Kier molecular flexibility index (Phi) is 7.08. The van der Waals surface area contributed by atoms with E-state index >= 15 is 0 Å². The highest BCUT2D eigenvalue weighted by Crippen LogP contribution is 2.41. The van der Waals surface area contributed by atoms with Crippen molar-refractivity contribution in [2.45, 2.75) is 52.4 Å². The van der Waals surface area contributed by atoms with Gasteiger partial charge < -0.3 is 14.5 Å². The van der Waals surface area contributed by atoms with Crippen molar-refractivity contribution < 1.29 is 14.3 Å². The molecule has 3 fully saturated rings. The molecule has 6 nitrogen and oxygen atoms in total. The third-order valence-electron chi connectivity index (χ3n) is 8.17. The predicted molar refractivity (Wildman–Crippen MR) is 126 cm³/mol. The number of ether oxygens (including phenoxy) is 1. The van der Waals surface area contributed by atoms with Crippen LogP contribution in [0.25, 0.3) is 0 Å². The van der Waals surface area contributed by atoms with Crippen molar-refractivity contribution in [1.29, 1.82) is 0 Å². The Bertz CT molecular complexity index is 814. The number of amides is 2. The van der Waals surface area contributed by atoms with Crippen LogP contribution in [0.3, 0.4) is 0 Å². The van der Waals surface area contributed by atoms with Gasteiger partial charge in [-0.25, -0.2) is 0 Å². The number of rotatable bonds is 4. The summed E-state index contributed by atoms with van der Waals surface area (Å²) in [6.07, 6.45) is 6.70. The molecule has 1 aromatic carbocycles. The summed E-state index contributed by atoms with van der Waals surface area (Å²) in [4.78, 5) is 32.1. The number of benzene rings is 1. The van der Waals surface area contributed by atoms with Crippen molar-refractivity contribution in [3.05, 3.63) is 29.3 Å². The number of hydrogen-bond donors (Lipinski definition) is 0. The van der Waals surface area contributed by atoms with E-state index in [4.69, 9.17) is 4.74 Å². The second kappa shape index (κ2) is 9.82. The highest BCUT2D eigenvalue weighted by molar-refractivity contribution is 5.94. The Morgan fingerprint density at radius 2 is 1.59 bits per heavy atom. The molecule has 2 amide bonds. The predicted octanol–water partition coefficient (Wildman–Crippen LogP) is 3.58. The number of nitrogens with zero attached hydrogens (tertiary/aromatic N) is 3. The summed E-state index contributed by atoms with van der Waals surface area (Å²) in [7, 11) is 1.66. The number of hydrogen-bond acceptors (Lipinski definition) is 4. The molecule has 176 valence electrons. The van der Waals surface area contributed by atoms with Crippen molar-refractivity contribution >= 4 is 11.8 Å². The van der Waals surface area contributed by atoms with Gasteiger partial charge in [0.1, 0.15) is 5.75 Å². The van der Waals surface area contributed by atoms with Gasteiger partial charge in [-0.15, -0.1) is 0 Å². The number of methoxy groups -OCH3 is 1. The molecule has 0 bridgehead atoms. The highest BCUT2D eigenvalue weighted by atomic mass is 16.5. The summed E-state index contributed by atoms with van der Waals surface area (Å²) in [5.74, 6) is 2.01. The van der Waals surface area contributed by atoms with Crippen LogP contribution in [-0.4, -0.2) is 79.4 Å². The van der Waals surface area contributed by atoms with Crippen LogP contribution in [0.1, 0.15) is 61.4 Å². The summed E-state index contributed by atoms with van der Waals surface area (Å²) >= 11 is 0. The van der Waals surface area contributed by atoms with E-state index in [-0.39, 0.29) is 5.91 Å². The lowest BCUT2D eigenvalue weighted by Crippen LogP contribution is -2.50. The van der Waals surface area contributed by atoms with Crippen LogP contribution in [0.2, 0.25) is 0 Å². The summed E-state index contributed by atoms with van der Waals surface area (Å²) in [5, 5.41) is 0. The maximum atomic E-state index is 13.0. The lowest BCUT2D eigenvalue weighted by atomic mass is 9.71. The maximum absolute atomic E-state index is 13.0. The SMILES string of the molecule is COc1ccc(C(=O)N2CCC3(CCN(CC(=O)N4CCC(C)CC4)CC3)CC2)cc1C. The van der Waals surface area contributed by atoms with E-state index in [0.29, 0.717) is 17.9 Å². The Labute approximate surface area is 192 Å². The molecule has 6 heteroatoms. The minimum atomic E-state index is 0.129. The quantitative estimate of drug-likeness (QED) is 0.717. The van der Waals surface area contributed by atoms with E-state index in [1.807, 2.05) is 30.0 Å².